The maximum absolute atomic E-state index is 12.4. The standard InChI is InChI=1S/C13H22N2O3/c1-9-7-14(8-11(9)12(16)17)13(18)15-6-4-3-5-10(15)2/h9-11H,3-8H2,1-2H3,(H,16,17). The van der Waals surface area contributed by atoms with Crippen LogP contribution in [0.5, 0.6) is 0 Å². The van der Waals surface area contributed by atoms with Crippen molar-refractivity contribution in [3.05, 3.63) is 0 Å². The molecule has 0 aromatic carbocycles. The van der Waals surface area contributed by atoms with Gasteiger partial charge in [0, 0.05) is 25.7 Å². The quantitative estimate of drug-likeness (QED) is 0.773. The van der Waals surface area contributed by atoms with Gasteiger partial charge >= 0.3 is 12.0 Å². The van der Waals surface area contributed by atoms with E-state index in [9.17, 15) is 9.59 Å². The highest BCUT2D eigenvalue weighted by molar-refractivity contribution is 5.78. The highest BCUT2D eigenvalue weighted by Gasteiger charge is 2.39. The summed E-state index contributed by atoms with van der Waals surface area (Å²) in [5.41, 5.74) is 0. The van der Waals surface area contributed by atoms with Crippen molar-refractivity contribution in [2.45, 2.75) is 39.2 Å². The second-order valence-electron chi connectivity index (χ2n) is 5.65. The lowest BCUT2D eigenvalue weighted by Gasteiger charge is -2.36. The molecule has 5 nitrogen and oxygen atoms in total. The Morgan fingerprint density at radius 1 is 1.17 bits per heavy atom. The van der Waals surface area contributed by atoms with Gasteiger partial charge in [0.05, 0.1) is 5.92 Å². The van der Waals surface area contributed by atoms with E-state index in [0.717, 1.165) is 19.4 Å². The Bertz CT molecular complexity index is 345. The third kappa shape index (κ3) is 2.44. The first-order valence-electron chi connectivity index (χ1n) is 6.79. The number of urea groups is 1. The van der Waals surface area contributed by atoms with E-state index < -0.39 is 11.9 Å². The summed E-state index contributed by atoms with van der Waals surface area (Å²) in [5.74, 6) is -1.15. The Hall–Kier alpha value is -1.26. The smallest absolute Gasteiger partial charge is 0.320 e. The number of nitrogens with zero attached hydrogens (tertiary/aromatic N) is 2. The highest BCUT2D eigenvalue weighted by Crippen LogP contribution is 2.26. The van der Waals surface area contributed by atoms with Crippen LogP contribution >= 0.6 is 0 Å². The van der Waals surface area contributed by atoms with E-state index in [1.807, 2.05) is 11.8 Å². The molecule has 2 aliphatic rings. The molecule has 0 aromatic heterocycles. The Balaban J connectivity index is 2.00. The average Bonchev–Trinajstić information content (AvgIpc) is 2.71. The van der Waals surface area contributed by atoms with Crippen molar-refractivity contribution in [3.63, 3.8) is 0 Å². The van der Waals surface area contributed by atoms with Crippen molar-refractivity contribution in [3.8, 4) is 0 Å². The first-order chi connectivity index (χ1) is 8.50. The molecular formula is C13H22N2O3. The highest BCUT2D eigenvalue weighted by atomic mass is 16.4. The molecule has 2 aliphatic heterocycles. The first-order valence-corrected chi connectivity index (χ1v) is 6.79. The zero-order valence-corrected chi connectivity index (χ0v) is 11.1. The number of carboxylic acid groups (broad SMARTS) is 1. The molecular weight excluding hydrogens is 232 g/mol. The maximum atomic E-state index is 12.4. The molecule has 0 spiro atoms. The van der Waals surface area contributed by atoms with Gasteiger partial charge in [0.2, 0.25) is 0 Å². The summed E-state index contributed by atoms with van der Waals surface area (Å²) in [6, 6.07) is 0.309. The lowest BCUT2D eigenvalue weighted by atomic mass is 9.99. The Morgan fingerprint density at radius 2 is 1.89 bits per heavy atom. The van der Waals surface area contributed by atoms with E-state index in [2.05, 4.69) is 6.92 Å². The molecule has 1 N–H and O–H groups in total. The number of carbonyl (C=O) groups excluding carboxylic acids is 1. The summed E-state index contributed by atoms with van der Waals surface area (Å²) in [4.78, 5) is 27.1. The number of likely N-dealkylation sites (tertiary alicyclic amines) is 2. The van der Waals surface area contributed by atoms with Crippen molar-refractivity contribution in [2.75, 3.05) is 19.6 Å². The van der Waals surface area contributed by atoms with Crippen LogP contribution < -0.4 is 0 Å². The molecule has 0 radical (unpaired) electrons. The van der Waals surface area contributed by atoms with Crippen LogP contribution in [0.4, 0.5) is 4.79 Å². The third-order valence-electron chi connectivity index (χ3n) is 4.25. The van der Waals surface area contributed by atoms with E-state index in [4.69, 9.17) is 5.11 Å². The van der Waals surface area contributed by atoms with E-state index in [-0.39, 0.29) is 18.0 Å². The monoisotopic (exact) mass is 254 g/mol. The number of hydrogen-bond donors (Lipinski definition) is 1. The van der Waals surface area contributed by atoms with Gasteiger partial charge in [0.15, 0.2) is 0 Å². The minimum absolute atomic E-state index is 0.0257. The van der Waals surface area contributed by atoms with Crippen molar-refractivity contribution >= 4 is 12.0 Å². The van der Waals surface area contributed by atoms with Gasteiger partial charge in [0.1, 0.15) is 0 Å². The summed E-state index contributed by atoms with van der Waals surface area (Å²) in [6.45, 7) is 5.72. The minimum Gasteiger partial charge on any atom is -0.481 e. The molecule has 3 atom stereocenters. The molecule has 102 valence electrons. The van der Waals surface area contributed by atoms with Gasteiger partial charge in [-0.25, -0.2) is 4.79 Å². The molecule has 5 heteroatoms. The average molecular weight is 254 g/mol. The van der Waals surface area contributed by atoms with Crippen LogP contribution in [0.1, 0.15) is 33.1 Å². The number of carboxylic acids is 1. The van der Waals surface area contributed by atoms with Crippen LogP contribution in [0.2, 0.25) is 0 Å². The Labute approximate surface area is 108 Å². The molecule has 3 unspecified atom stereocenters. The van der Waals surface area contributed by atoms with Gasteiger partial charge < -0.3 is 14.9 Å². The largest absolute Gasteiger partial charge is 0.481 e. The predicted molar refractivity (Wildman–Crippen MR) is 67.3 cm³/mol. The number of carbonyl (C=O) groups is 2. The summed E-state index contributed by atoms with van der Waals surface area (Å²) >= 11 is 0. The van der Waals surface area contributed by atoms with Crippen LogP contribution in [-0.2, 0) is 4.79 Å². The van der Waals surface area contributed by atoms with Crippen molar-refractivity contribution in [2.24, 2.45) is 11.8 Å². The van der Waals surface area contributed by atoms with Gasteiger partial charge in [-0.2, -0.15) is 0 Å². The normalized spacial score (nSPS) is 32.7. The Kier molecular flexibility index (Phi) is 3.78. The van der Waals surface area contributed by atoms with Gasteiger partial charge in [-0.1, -0.05) is 6.92 Å². The molecule has 0 saturated carbocycles. The third-order valence-corrected chi connectivity index (χ3v) is 4.25. The lowest BCUT2D eigenvalue weighted by molar-refractivity contribution is -0.142. The number of piperidine rings is 1. The summed E-state index contributed by atoms with van der Waals surface area (Å²) < 4.78 is 0. The van der Waals surface area contributed by atoms with Crippen molar-refractivity contribution in [1.82, 2.24) is 9.80 Å². The molecule has 2 fully saturated rings. The second kappa shape index (κ2) is 5.16. The minimum atomic E-state index is -0.788. The molecule has 0 aromatic rings. The fourth-order valence-electron chi connectivity index (χ4n) is 3.01. The van der Waals surface area contributed by atoms with Crippen LogP contribution in [0, 0.1) is 11.8 Å². The van der Waals surface area contributed by atoms with E-state index in [0.29, 0.717) is 13.1 Å². The molecule has 2 heterocycles. The van der Waals surface area contributed by atoms with Crippen LogP contribution in [-0.4, -0.2) is 52.6 Å². The number of aliphatic carboxylic acids is 1. The fourth-order valence-corrected chi connectivity index (χ4v) is 3.01. The number of rotatable bonds is 1. The Morgan fingerprint density at radius 3 is 2.44 bits per heavy atom. The van der Waals surface area contributed by atoms with E-state index in [1.54, 1.807) is 4.90 Å². The zero-order valence-electron chi connectivity index (χ0n) is 11.1. The summed E-state index contributed by atoms with van der Waals surface area (Å²) in [7, 11) is 0. The number of hydrogen-bond acceptors (Lipinski definition) is 2. The van der Waals surface area contributed by atoms with Crippen LogP contribution in [0.25, 0.3) is 0 Å². The van der Waals surface area contributed by atoms with Crippen LogP contribution in [0.3, 0.4) is 0 Å². The maximum Gasteiger partial charge on any atom is 0.320 e. The van der Waals surface area contributed by atoms with Gasteiger partial charge in [-0.15, -0.1) is 0 Å². The second-order valence-corrected chi connectivity index (χ2v) is 5.65. The molecule has 0 bridgehead atoms. The first kappa shape index (κ1) is 13.2. The zero-order chi connectivity index (χ0) is 13.3. The van der Waals surface area contributed by atoms with E-state index in [1.165, 1.54) is 6.42 Å². The van der Waals surface area contributed by atoms with Crippen LogP contribution in [0.15, 0.2) is 0 Å². The predicted octanol–water partition coefficient (Wildman–Crippen LogP) is 1.63. The molecule has 2 saturated heterocycles. The summed E-state index contributed by atoms with van der Waals surface area (Å²) in [6.07, 6.45) is 3.29. The SMILES string of the molecule is CC1CN(C(=O)N2CCCCC2C)CC1C(=O)O. The number of amides is 2. The molecule has 2 amide bonds. The van der Waals surface area contributed by atoms with Gasteiger partial charge in [0.25, 0.3) is 0 Å². The van der Waals surface area contributed by atoms with E-state index >= 15 is 0 Å². The molecule has 18 heavy (non-hydrogen) atoms. The topological polar surface area (TPSA) is 60.9 Å². The molecule has 2 rings (SSSR count). The fraction of sp³-hybridized carbons (Fsp3) is 0.846. The van der Waals surface area contributed by atoms with Crippen molar-refractivity contribution < 1.29 is 14.7 Å². The van der Waals surface area contributed by atoms with Gasteiger partial charge in [-0.05, 0) is 32.1 Å². The summed E-state index contributed by atoms with van der Waals surface area (Å²) in [5, 5.41) is 9.09. The van der Waals surface area contributed by atoms with Gasteiger partial charge in [-0.3, -0.25) is 4.79 Å². The van der Waals surface area contributed by atoms with Crippen molar-refractivity contribution in [1.29, 1.82) is 0 Å². The molecule has 0 aliphatic carbocycles. The lowest BCUT2D eigenvalue weighted by Crippen LogP contribution is -2.48.